The van der Waals surface area contributed by atoms with Crippen molar-refractivity contribution < 1.29 is 29.3 Å². The molecule has 188 valence electrons. The molecule has 1 aliphatic carbocycles. The summed E-state index contributed by atoms with van der Waals surface area (Å²) < 4.78 is 5.57. The third kappa shape index (κ3) is 7.29. The molecule has 1 unspecified atom stereocenters. The summed E-state index contributed by atoms with van der Waals surface area (Å²) in [5.41, 5.74) is 4.69. The number of benzene rings is 2. The lowest BCUT2D eigenvalue weighted by atomic mass is 9.94. The summed E-state index contributed by atoms with van der Waals surface area (Å²) in [7, 11) is 0. The second kappa shape index (κ2) is 12.9. The van der Waals surface area contributed by atoms with Gasteiger partial charge in [0.05, 0.1) is 6.54 Å². The molecule has 0 fully saturated rings. The lowest BCUT2D eigenvalue weighted by Crippen LogP contribution is -2.36. The number of carboxylic acids is 1. The maximum Gasteiger partial charge on any atom is 0.407 e. The summed E-state index contributed by atoms with van der Waals surface area (Å²) in [4.78, 5) is 34.9. The highest BCUT2D eigenvalue weighted by molar-refractivity contribution is 5.79. The summed E-state index contributed by atoms with van der Waals surface area (Å²) >= 11 is 0. The first-order valence-corrected chi connectivity index (χ1v) is 12.2. The first-order chi connectivity index (χ1) is 16.9. The minimum absolute atomic E-state index is 0.0131. The van der Waals surface area contributed by atoms with Crippen molar-refractivity contribution in [3.63, 3.8) is 0 Å². The van der Waals surface area contributed by atoms with Gasteiger partial charge < -0.3 is 25.6 Å². The van der Waals surface area contributed by atoms with Crippen molar-refractivity contribution in [2.75, 3.05) is 19.7 Å². The van der Waals surface area contributed by atoms with Crippen LogP contribution in [0.1, 0.15) is 56.1 Å². The molecule has 0 saturated carbocycles. The normalized spacial score (nSPS) is 13.9. The third-order valence-electron chi connectivity index (χ3n) is 6.42. The zero-order valence-electron chi connectivity index (χ0n) is 20.0. The number of fused-ring (bicyclic) bond motifs is 3. The first-order valence-electron chi connectivity index (χ1n) is 12.2. The van der Waals surface area contributed by atoms with E-state index in [2.05, 4.69) is 41.8 Å². The van der Waals surface area contributed by atoms with Crippen LogP contribution >= 0.6 is 0 Å². The molecule has 0 aromatic heterocycles. The van der Waals surface area contributed by atoms with Gasteiger partial charge in [-0.1, -0.05) is 68.3 Å². The number of amides is 2. The van der Waals surface area contributed by atoms with Gasteiger partial charge in [0.15, 0.2) is 6.10 Å². The van der Waals surface area contributed by atoms with Crippen molar-refractivity contribution in [2.24, 2.45) is 5.92 Å². The Morgan fingerprint density at radius 2 is 1.57 bits per heavy atom. The zero-order chi connectivity index (χ0) is 25.2. The fraction of sp³-hybridized carbons (Fsp3) is 0.444. The van der Waals surface area contributed by atoms with Crippen molar-refractivity contribution in [2.45, 2.75) is 51.0 Å². The van der Waals surface area contributed by atoms with E-state index in [4.69, 9.17) is 9.84 Å². The number of aliphatic carboxylic acids is 1. The molecule has 2 aromatic carbocycles. The number of carbonyl (C=O) groups excluding carboxylic acids is 2. The summed E-state index contributed by atoms with van der Waals surface area (Å²) in [6, 6.07) is 16.4. The molecular formula is C27H34N2O6. The highest BCUT2D eigenvalue weighted by Gasteiger charge is 2.29. The molecule has 35 heavy (non-hydrogen) atoms. The third-order valence-corrected chi connectivity index (χ3v) is 6.42. The number of aliphatic hydroxyl groups excluding tert-OH is 1. The molecule has 2 atom stereocenters. The van der Waals surface area contributed by atoms with Gasteiger partial charge in [0.25, 0.3) is 0 Å². The van der Waals surface area contributed by atoms with Crippen molar-refractivity contribution in [3.05, 3.63) is 59.7 Å². The van der Waals surface area contributed by atoms with E-state index in [1.165, 1.54) is 22.3 Å². The van der Waals surface area contributed by atoms with E-state index in [1.807, 2.05) is 24.3 Å². The SMILES string of the molecule is CCCC(CCNC(=O)OCC1c2ccccc2-c2ccccc21)CCC(=O)NC[C@H](O)C(=O)O. The highest BCUT2D eigenvalue weighted by atomic mass is 16.5. The zero-order valence-corrected chi connectivity index (χ0v) is 20.0. The molecule has 0 radical (unpaired) electrons. The van der Waals surface area contributed by atoms with Crippen LogP contribution in [-0.4, -0.2) is 54.0 Å². The number of hydrogen-bond acceptors (Lipinski definition) is 5. The fourth-order valence-corrected chi connectivity index (χ4v) is 4.59. The minimum Gasteiger partial charge on any atom is -0.479 e. The van der Waals surface area contributed by atoms with Crippen molar-refractivity contribution in [1.29, 1.82) is 0 Å². The number of ether oxygens (including phenoxy) is 1. The average molecular weight is 483 g/mol. The fourth-order valence-electron chi connectivity index (χ4n) is 4.59. The van der Waals surface area contributed by atoms with Crippen molar-refractivity contribution >= 4 is 18.0 Å². The van der Waals surface area contributed by atoms with Crippen LogP contribution in [0.5, 0.6) is 0 Å². The number of rotatable bonds is 13. The monoisotopic (exact) mass is 482 g/mol. The van der Waals surface area contributed by atoms with Gasteiger partial charge in [-0.25, -0.2) is 9.59 Å². The second-order valence-electron chi connectivity index (χ2n) is 8.89. The van der Waals surface area contributed by atoms with Gasteiger partial charge in [0.2, 0.25) is 5.91 Å². The molecule has 0 bridgehead atoms. The number of nitrogens with one attached hydrogen (secondary N) is 2. The number of hydrogen-bond donors (Lipinski definition) is 4. The van der Waals surface area contributed by atoms with Crippen LogP contribution in [0.2, 0.25) is 0 Å². The largest absolute Gasteiger partial charge is 0.479 e. The molecule has 2 aromatic rings. The lowest BCUT2D eigenvalue weighted by molar-refractivity contribution is -0.146. The van der Waals surface area contributed by atoms with Crippen molar-refractivity contribution in [3.8, 4) is 11.1 Å². The molecule has 0 aliphatic heterocycles. The Morgan fingerprint density at radius 1 is 0.943 bits per heavy atom. The Labute approximate surface area is 205 Å². The Morgan fingerprint density at radius 3 is 2.17 bits per heavy atom. The van der Waals surface area contributed by atoms with E-state index in [-0.39, 0.29) is 37.3 Å². The number of alkyl carbamates (subject to hydrolysis) is 1. The smallest absolute Gasteiger partial charge is 0.407 e. The first kappa shape index (κ1) is 26.2. The van der Waals surface area contributed by atoms with Gasteiger partial charge in [-0.2, -0.15) is 0 Å². The molecule has 8 heteroatoms. The van der Waals surface area contributed by atoms with Gasteiger partial charge in [0, 0.05) is 18.9 Å². The van der Waals surface area contributed by atoms with Crippen LogP contribution in [0.4, 0.5) is 4.79 Å². The predicted molar refractivity (Wildman–Crippen MR) is 132 cm³/mol. The summed E-state index contributed by atoms with van der Waals surface area (Å²) in [6.45, 7) is 2.46. The van der Waals surface area contributed by atoms with E-state index < -0.39 is 18.2 Å². The quantitative estimate of drug-likeness (QED) is 0.345. The maximum atomic E-state index is 12.4. The Kier molecular flexibility index (Phi) is 9.66. The van der Waals surface area contributed by atoms with E-state index in [9.17, 15) is 19.5 Å². The number of carbonyl (C=O) groups is 3. The molecular weight excluding hydrogens is 448 g/mol. The van der Waals surface area contributed by atoms with Crippen LogP contribution in [0, 0.1) is 5.92 Å². The molecule has 1 aliphatic rings. The van der Waals surface area contributed by atoms with Crippen LogP contribution in [0.25, 0.3) is 11.1 Å². The van der Waals surface area contributed by atoms with Crippen LogP contribution < -0.4 is 10.6 Å². The van der Waals surface area contributed by atoms with E-state index in [1.54, 1.807) is 0 Å². The van der Waals surface area contributed by atoms with Gasteiger partial charge in [0.1, 0.15) is 6.61 Å². The Balaban J connectivity index is 1.41. The molecule has 0 saturated heterocycles. The van der Waals surface area contributed by atoms with Crippen molar-refractivity contribution in [1.82, 2.24) is 10.6 Å². The van der Waals surface area contributed by atoms with Gasteiger partial charge in [-0.05, 0) is 41.0 Å². The van der Waals surface area contributed by atoms with Gasteiger partial charge in [-0.15, -0.1) is 0 Å². The molecule has 4 N–H and O–H groups in total. The van der Waals surface area contributed by atoms with E-state index >= 15 is 0 Å². The molecule has 0 heterocycles. The molecule has 0 spiro atoms. The number of aliphatic hydroxyl groups is 1. The lowest BCUT2D eigenvalue weighted by Gasteiger charge is -2.17. The van der Waals surface area contributed by atoms with Gasteiger partial charge >= 0.3 is 12.1 Å². The second-order valence-corrected chi connectivity index (χ2v) is 8.89. The topological polar surface area (TPSA) is 125 Å². The summed E-state index contributed by atoms with van der Waals surface area (Å²) in [5, 5.41) is 23.2. The predicted octanol–water partition coefficient (Wildman–Crippen LogP) is 3.67. The molecule has 3 rings (SSSR count). The Bertz CT molecular complexity index is 979. The highest BCUT2D eigenvalue weighted by Crippen LogP contribution is 2.44. The maximum absolute atomic E-state index is 12.4. The minimum atomic E-state index is -1.60. The summed E-state index contributed by atoms with van der Waals surface area (Å²) in [5.74, 6) is -1.41. The summed E-state index contributed by atoms with van der Waals surface area (Å²) in [6.07, 6.45) is 1.38. The Hall–Kier alpha value is -3.39. The standard InChI is InChI=1S/C27H34N2O6/c1-2-7-18(12-13-25(31)29-16-24(30)26(32)33)14-15-28-27(34)35-17-23-21-10-5-3-8-19(21)20-9-4-6-11-22(20)23/h3-6,8-11,18,23-24,30H,2,7,12-17H2,1H3,(H,28,34)(H,29,31)(H,32,33)/t18?,24-/m0/s1. The molecule has 2 amide bonds. The average Bonchev–Trinajstić information content (AvgIpc) is 3.18. The van der Waals surface area contributed by atoms with Crippen LogP contribution in [0.15, 0.2) is 48.5 Å². The number of carboxylic acid groups (broad SMARTS) is 1. The van der Waals surface area contributed by atoms with Crippen LogP contribution in [-0.2, 0) is 14.3 Å². The molecule has 8 nitrogen and oxygen atoms in total. The van der Waals surface area contributed by atoms with E-state index in [0.29, 0.717) is 19.4 Å². The van der Waals surface area contributed by atoms with Gasteiger partial charge in [-0.3, -0.25) is 4.79 Å². The van der Waals surface area contributed by atoms with E-state index in [0.717, 1.165) is 12.8 Å². The van der Waals surface area contributed by atoms with Crippen LogP contribution in [0.3, 0.4) is 0 Å².